The van der Waals surface area contributed by atoms with E-state index in [4.69, 9.17) is 0 Å². The van der Waals surface area contributed by atoms with Gasteiger partial charge in [0.15, 0.2) is 5.65 Å². The van der Waals surface area contributed by atoms with E-state index in [1.54, 1.807) is 15.9 Å². The summed E-state index contributed by atoms with van der Waals surface area (Å²) in [7, 11) is 0. The molecular weight excluding hydrogens is 487 g/mol. The maximum Gasteiger partial charge on any atom is 0.418 e. The van der Waals surface area contributed by atoms with Gasteiger partial charge in [0.05, 0.1) is 22.6 Å². The first-order valence-electron chi connectivity index (χ1n) is 11.3. The van der Waals surface area contributed by atoms with E-state index in [9.17, 15) is 23.2 Å². The van der Waals surface area contributed by atoms with Gasteiger partial charge in [0.25, 0.3) is 5.91 Å². The average molecular weight is 507 g/mol. The van der Waals surface area contributed by atoms with Crippen molar-refractivity contribution in [1.82, 2.24) is 34.4 Å². The van der Waals surface area contributed by atoms with Gasteiger partial charge in [-0.3, -0.25) is 9.36 Å². The van der Waals surface area contributed by atoms with Gasteiger partial charge in [-0.15, -0.1) is 0 Å². The second-order valence-corrected chi connectivity index (χ2v) is 8.70. The molecule has 5 rings (SSSR count). The molecule has 1 amide bonds. The molecule has 4 aromatic heterocycles. The van der Waals surface area contributed by atoms with Gasteiger partial charge in [-0.05, 0) is 32.0 Å². The summed E-state index contributed by atoms with van der Waals surface area (Å²) in [5, 5.41) is 9.05. The van der Waals surface area contributed by atoms with Crippen molar-refractivity contribution < 1.29 is 18.0 Å². The first kappa shape index (κ1) is 24.1. The number of nitrogens with zero attached hydrogens (tertiary/aromatic N) is 9. The highest BCUT2D eigenvalue weighted by Gasteiger charge is 2.40. The number of pyridine rings is 1. The summed E-state index contributed by atoms with van der Waals surface area (Å²) in [6.07, 6.45) is 1.74. The van der Waals surface area contributed by atoms with Crippen LogP contribution in [0.3, 0.4) is 0 Å². The normalized spacial score (nSPS) is 18.2. The monoisotopic (exact) mass is 507 g/mol. The van der Waals surface area contributed by atoms with Crippen molar-refractivity contribution in [2.45, 2.75) is 32.1 Å². The van der Waals surface area contributed by atoms with Crippen LogP contribution in [-0.4, -0.2) is 65.5 Å². The molecular formula is C24H20F3N9O. The molecule has 0 radical (unpaired) electrons. The Bertz CT molecular complexity index is 1510. The molecule has 1 fully saturated rings. The van der Waals surface area contributed by atoms with Crippen LogP contribution in [0.15, 0.2) is 49.3 Å². The quantitative estimate of drug-likeness (QED) is 0.415. The minimum absolute atomic E-state index is 0.0101. The fourth-order valence-corrected chi connectivity index (χ4v) is 4.52. The Kier molecular flexibility index (Phi) is 5.94. The van der Waals surface area contributed by atoms with Crippen molar-refractivity contribution in [2.75, 3.05) is 18.0 Å². The summed E-state index contributed by atoms with van der Waals surface area (Å²) >= 11 is 0. The fraction of sp³-hybridized carbons (Fsp3) is 0.292. The van der Waals surface area contributed by atoms with Crippen LogP contribution in [0.2, 0.25) is 0 Å². The Morgan fingerprint density at radius 3 is 2.51 bits per heavy atom. The van der Waals surface area contributed by atoms with E-state index in [1.165, 1.54) is 41.6 Å². The lowest BCUT2D eigenvalue weighted by molar-refractivity contribution is -0.136. The fourth-order valence-electron chi connectivity index (χ4n) is 4.52. The number of carbonyl (C=O) groups is 1. The number of amides is 1. The molecule has 1 aliphatic heterocycles. The van der Waals surface area contributed by atoms with Gasteiger partial charge in [0, 0.05) is 50.0 Å². The average Bonchev–Trinajstić information content (AvgIpc) is 3.31. The first-order valence-corrected chi connectivity index (χ1v) is 11.3. The van der Waals surface area contributed by atoms with Crippen molar-refractivity contribution in [3.05, 3.63) is 66.3 Å². The van der Waals surface area contributed by atoms with Crippen LogP contribution in [0.5, 0.6) is 0 Å². The molecule has 1 saturated heterocycles. The lowest BCUT2D eigenvalue weighted by Gasteiger charge is -2.44. The van der Waals surface area contributed by atoms with E-state index in [0.717, 1.165) is 6.20 Å². The molecule has 5 heterocycles. The van der Waals surface area contributed by atoms with Crippen molar-refractivity contribution in [3.63, 3.8) is 0 Å². The Morgan fingerprint density at radius 2 is 1.81 bits per heavy atom. The Balaban J connectivity index is 1.58. The van der Waals surface area contributed by atoms with Crippen molar-refractivity contribution >= 4 is 22.8 Å². The molecule has 0 unspecified atom stereocenters. The molecule has 0 spiro atoms. The number of piperazine rings is 1. The van der Waals surface area contributed by atoms with Crippen LogP contribution < -0.4 is 4.90 Å². The largest absolute Gasteiger partial charge is 0.418 e. The molecule has 0 N–H and O–H groups in total. The number of aromatic nitrogens is 6. The van der Waals surface area contributed by atoms with Gasteiger partial charge in [-0.2, -0.15) is 18.4 Å². The van der Waals surface area contributed by atoms with Crippen LogP contribution in [0.4, 0.5) is 19.0 Å². The number of fused-ring (bicyclic) bond motifs is 1. The number of alkyl halides is 3. The topological polar surface area (TPSA) is 117 Å². The zero-order chi connectivity index (χ0) is 26.3. The lowest BCUT2D eigenvalue weighted by Crippen LogP contribution is -2.58. The smallest absolute Gasteiger partial charge is 0.349 e. The number of nitriles is 1. The van der Waals surface area contributed by atoms with Crippen LogP contribution in [0, 0.1) is 11.3 Å². The first-order chi connectivity index (χ1) is 17.7. The van der Waals surface area contributed by atoms with Crippen LogP contribution in [0.25, 0.3) is 16.9 Å². The number of hydrogen-bond acceptors (Lipinski definition) is 8. The van der Waals surface area contributed by atoms with Gasteiger partial charge < -0.3 is 9.80 Å². The maximum atomic E-state index is 14.2. The molecule has 2 atom stereocenters. The van der Waals surface area contributed by atoms with Gasteiger partial charge >= 0.3 is 6.18 Å². The lowest BCUT2D eigenvalue weighted by atomic mass is 10.1. The molecule has 37 heavy (non-hydrogen) atoms. The molecule has 0 aromatic carbocycles. The van der Waals surface area contributed by atoms with Gasteiger partial charge in [-0.25, -0.2) is 24.9 Å². The van der Waals surface area contributed by atoms with Gasteiger partial charge in [-0.1, -0.05) is 0 Å². The van der Waals surface area contributed by atoms with E-state index in [1.807, 2.05) is 19.9 Å². The van der Waals surface area contributed by atoms with E-state index in [0.29, 0.717) is 0 Å². The zero-order valence-corrected chi connectivity index (χ0v) is 19.8. The minimum Gasteiger partial charge on any atom is -0.349 e. The molecule has 0 aliphatic carbocycles. The predicted molar refractivity (Wildman–Crippen MR) is 126 cm³/mol. The third-order valence-corrected chi connectivity index (χ3v) is 6.27. The Labute approximate surface area is 209 Å². The summed E-state index contributed by atoms with van der Waals surface area (Å²) in [6, 6.07) is 5.70. The molecule has 10 nitrogen and oxygen atoms in total. The number of anilines is 1. The molecule has 0 bridgehead atoms. The third-order valence-electron chi connectivity index (χ3n) is 6.27. The third kappa shape index (κ3) is 4.31. The second-order valence-electron chi connectivity index (χ2n) is 8.70. The van der Waals surface area contributed by atoms with Crippen molar-refractivity contribution in [2.24, 2.45) is 0 Å². The van der Waals surface area contributed by atoms with E-state index >= 15 is 0 Å². The SMILES string of the molecule is C[C@@H]1CN(c2ncnc3c2c(C(F)(F)F)cn3-c2cc(C#N)ccn2)[C@@H](C)CN1C(=O)c1ncccn1. The highest BCUT2D eigenvalue weighted by Crippen LogP contribution is 2.41. The van der Waals surface area contributed by atoms with Crippen LogP contribution in [-0.2, 0) is 6.18 Å². The number of hydrogen-bond donors (Lipinski definition) is 0. The Morgan fingerprint density at radius 1 is 1.05 bits per heavy atom. The summed E-state index contributed by atoms with van der Waals surface area (Å²) in [5.41, 5.74) is -0.658. The highest BCUT2D eigenvalue weighted by atomic mass is 19.4. The number of halogens is 3. The molecule has 188 valence electrons. The second kappa shape index (κ2) is 9.12. The number of carbonyl (C=O) groups excluding carboxylic acids is 1. The van der Waals surface area contributed by atoms with Crippen LogP contribution in [0.1, 0.15) is 35.6 Å². The van der Waals surface area contributed by atoms with E-state index in [-0.39, 0.29) is 65.1 Å². The molecule has 1 aliphatic rings. The summed E-state index contributed by atoms with van der Waals surface area (Å²) in [6.45, 7) is 4.09. The maximum absolute atomic E-state index is 14.2. The van der Waals surface area contributed by atoms with Crippen LogP contribution >= 0.6 is 0 Å². The molecule has 4 aromatic rings. The van der Waals surface area contributed by atoms with E-state index in [2.05, 4.69) is 24.9 Å². The zero-order valence-electron chi connectivity index (χ0n) is 19.8. The molecule has 13 heteroatoms. The predicted octanol–water partition coefficient (Wildman–Crippen LogP) is 3.24. The minimum atomic E-state index is -4.70. The highest BCUT2D eigenvalue weighted by molar-refractivity contribution is 5.94. The van der Waals surface area contributed by atoms with E-state index < -0.39 is 11.7 Å². The Hall–Kier alpha value is -4.60. The standard InChI is InChI=1S/C24H20F3N9O/c1-14-11-35(23(37)20-30-5-3-6-31-20)15(2)10-34(14)21-19-17(24(25,26)27)12-36(22(19)33-13-32-21)18-8-16(9-28)4-7-29-18/h3-8,12-15H,10-11H2,1-2H3/t14-,15+/m0/s1. The number of rotatable bonds is 3. The van der Waals surface area contributed by atoms with Gasteiger partial charge in [0.1, 0.15) is 18.0 Å². The summed E-state index contributed by atoms with van der Waals surface area (Å²) in [4.78, 5) is 37.0. The van der Waals surface area contributed by atoms with Crippen molar-refractivity contribution in [1.29, 1.82) is 5.26 Å². The van der Waals surface area contributed by atoms with Gasteiger partial charge in [0.2, 0.25) is 5.82 Å². The summed E-state index contributed by atoms with van der Waals surface area (Å²) < 4.78 is 43.9. The molecule has 0 saturated carbocycles. The summed E-state index contributed by atoms with van der Waals surface area (Å²) in [5.74, 6) is -0.0557. The van der Waals surface area contributed by atoms with Crippen molar-refractivity contribution in [3.8, 4) is 11.9 Å².